The van der Waals surface area contributed by atoms with Crippen LogP contribution in [0.15, 0.2) is 29.4 Å². The van der Waals surface area contributed by atoms with Gasteiger partial charge in [0, 0.05) is 31.6 Å². The maximum Gasteiger partial charge on any atom is 0.264 e. The Morgan fingerprint density at radius 1 is 1.41 bits per heavy atom. The number of hydrogen-bond donors (Lipinski definition) is 1. The summed E-state index contributed by atoms with van der Waals surface area (Å²) >= 11 is 0. The van der Waals surface area contributed by atoms with Crippen LogP contribution in [0.25, 0.3) is 0 Å². The van der Waals surface area contributed by atoms with Crippen molar-refractivity contribution in [3.05, 3.63) is 29.8 Å². The third-order valence-corrected chi connectivity index (χ3v) is 3.90. The molecular weight excluding hydrogens is 282 g/mol. The highest BCUT2D eigenvalue weighted by atomic mass is 16.6. The largest absolute Gasteiger partial charge is 0.382 e. The molecule has 22 heavy (non-hydrogen) atoms. The minimum atomic E-state index is -0.513. The molecule has 0 aliphatic carbocycles. The summed E-state index contributed by atoms with van der Waals surface area (Å²) in [6.45, 7) is 3.06. The summed E-state index contributed by atoms with van der Waals surface area (Å²) in [6.07, 6.45) is 1.57. The average molecular weight is 301 g/mol. The Kier molecular flexibility index (Phi) is 4.09. The summed E-state index contributed by atoms with van der Waals surface area (Å²) in [6, 6.07) is 7.70. The summed E-state index contributed by atoms with van der Waals surface area (Å²) in [4.78, 5) is 30.5. The maximum absolute atomic E-state index is 11.9. The van der Waals surface area contributed by atoms with Gasteiger partial charge in [0.05, 0.1) is 5.71 Å². The molecule has 116 valence electrons. The summed E-state index contributed by atoms with van der Waals surface area (Å²) in [5, 5.41) is 6.62. The van der Waals surface area contributed by atoms with Crippen molar-refractivity contribution >= 4 is 23.2 Å². The number of carbonyl (C=O) groups is 2. The number of oxime groups is 1. The van der Waals surface area contributed by atoms with Crippen LogP contribution in [-0.2, 0) is 21.0 Å². The van der Waals surface area contributed by atoms with E-state index in [1.165, 1.54) is 0 Å². The normalized spacial score (nSPS) is 20.8. The van der Waals surface area contributed by atoms with E-state index in [1.807, 2.05) is 31.2 Å². The van der Waals surface area contributed by atoms with Crippen molar-refractivity contribution in [3.63, 3.8) is 0 Å². The van der Waals surface area contributed by atoms with E-state index in [9.17, 15) is 9.59 Å². The van der Waals surface area contributed by atoms with E-state index in [0.29, 0.717) is 19.4 Å². The fourth-order valence-electron chi connectivity index (χ4n) is 2.65. The van der Waals surface area contributed by atoms with Crippen LogP contribution in [0.5, 0.6) is 0 Å². The highest BCUT2D eigenvalue weighted by Gasteiger charge is 2.25. The number of amides is 2. The lowest BCUT2D eigenvalue weighted by Crippen LogP contribution is -2.34. The molecule has 0 aromatic heterocycles. The van der Waals surface area contributed by atoms with Crippen LogP contribution in [-0.4, -0.2) is 30.2 Å². The van der Waals surface area contributed by atoms with Gasteiger partial charge in [-0.05, 0) is 31.0 Å². The molecule has 0 radical (unpaired) electrons. The van der Waals surface area contributed by atoms with Crippen molar-refractivity contribution in [1.29, 1.82) is 0 Å². The second-order valence-corrected chi connectivity index (χ2v) is 5.66. The van der Waals surface area contributed by atoms with Crippen molar-refractivity contribution in [2.24, 2.45) is 5.16 Å². The van der Waals surface area contributed by atoms with E-state index in [1.54, 1.807) is 4.90 Å². The quantitative estimate of drug-likeness (QED) is 0.918. The highest BCUT2D eigenvalue weighted by molar-refractivity contribution is 5.95. The van der Waals surface area contributed by atoms with Gasteiger partial charge >= 0.3 is 0 Å². The molecule has 0 spiro atoms. The molecule has 1 saturated heterocycles. The summed E-state index contributed by atoms with van der Waals surface area (Å²) < 4.78 is 0. The Balaban J connectivity index is 1.53. The van der Waals surface area contributed by atoms with Crippen molar-refractivity contribution in [1.82, 2.24) is 5.32 Å². The van der Waals surface area contributed by atoms with E-state index in [4.69, 9.17) is 4.84 Å². The summed E-state index contributed by atoms with van der Waals surface area (Å²) in [7, 11) is 0. The maximum atomic E-state index is 11.9. The second kappa shape index (κ2) is 6.17. The molecule has 1 aromatic carbocycles. The van der Waals surface area contributed by atoms with Crippen LogP contribution < -0.4 is 10.2 Å². The SMILES string of the molecule is CC1=NOC(C(=O)NCc2ccc(N3CCCC3=O)cc2)C1. The molecule has 1 fully saturated rings. The molecule has 6 heteroatoms. The lowest BCUT2D eigenvalue weighted by Gasteiger charge is -2.16. The van der Waals surface area contributed by atoms with Gasteiger partial charge in [0.2, 0.25) is 12.0 Å². The molecule has 2 heterocycles. The Morgan fingerprint density at radius 3 is 2.77 bits per heavy atom. The molecule has 6 nitrogen and oxygen atoms in total. The molecule has 1 unspecified atom stereocenters. The number of nitrogens with zero attached hydrogens (tertiary/aromatic N) is 2. The lowest BCUT2D eigenvalue weighted by molar-refractivity contribution is -0.131. The van der Waals surface area contributed by atoms with Gasteiger partial charge in [-0.15, -0.1) is 0 Å². The summed E-state index contributed by atoms with van der Waals surface area (Å²) in [5.74, 6) is 0.0224. The Labute approximate surface area is 129 Å². The van der Waals surface area contributed by atoms with E-state index in [2.05, 4.69) is 10.5 Å². The fraction of sp³-hybridized carbons (Fsp3) is 0.438. The number of hydrogen-bond acceptors (Lipinski definition) is 4. The Morgan fingerprint density at radius 2 is 2.18 bits per heavy atom. The zero-order valence-corrected chi connectivity index (χ0v) is 12.5. The molecule has 1 N–H and O–H groups in total. The van der Waals surface area contributed by atoms with E-state index in [-0.39, 0.29) is 11.8 Å². The monoisotopic (exact) mass is 301 g/mol. The van der Waals surface area contributed by atoms with E-state index < -0.39 is 6.10 Å². The van der Waals surface area contributed by atoms with Crippen molar-refractivity contribution in [2.75, 3.05) is 11.4 Å². The highest BCUT2D eigenvalue weighted by Crippen LogP contribution is 2.21. The number of carbonyl (C=O) groups excluding carboxylic acids is 2. The van der Waals surface area contributed by atoms with Crippen molar-refractivity contribution < 1.29 is 14.4 Å². The van der Waals surface area contributed by atoms with Gasteiger partial charge in [0.15, 0.2) is 0 Å². The smallest absolute Gasteiger partial charge is 0.264 e. The van der Waals surface area contributed by atoms with Gasteiger partial charge in [0.1, 0.15) is 0 Å². The third-order valence-electron chi connectivity index (χ3n) is 3.90. The lowest BCUT2D eigenvalue weighted by atomic mass is 10.1. The first-order valence-corrected chi connectivity index (χ1v) is 7.50. The van der Waals surface area contributed by atoms with Gasteiger partial charge in [-0.25, -0.2) is 0 Å². The van der Waals surface area contributed by atoms with Gasteiger partial charge < -0.3 is 15.1 Å². The van der Waals surface area contributed by atoms with Crippen LogP contribution in [0.4, 0.5) is 5.69 Å². The number of nitrogens with one attached hydrogen (secondary N) is 1. The minimum absolute atomic E-state index is 0.153. The molecule has 1 aromatic rings. The number of anilines is 1. The van der Waals surface area contributed by atoms with E-state index in [0.717, 1.165) is 29.9 Å². The fourth-order valence-corrected chi connectivity index (χ4v) is 2.65. The van der Waals surface area contributed by atoms with Gasteiger partial charge in [0.25, 0.3) is 5.91 Å². The standard InChI is InChI=1S/C16H19N3O3/c1-11-9-14(22-18-11)16(21)17-10-12-4-6-13(7-5-12)19-8-2-3-15(19)20/h4-7,14H,2-3,8-10H2,1H3,(H,17,21). The van der Waals surface area contributed by atoms with Crippen LogP contribution in [0.3, 0.4) is 0 Å². The van der Waals surface area contributed by atoms with Crippen LogP contribution >= 0.6 is 0 Å². The third kappa shape index (κ3) is 3.10. The minimum Gasteiger partial charge on any atom is -0.382 e. The zero-order chi connectivity index (χ0) is 15.5. The first-order chi connectivity index (χ1) is 10.6. The Hall–Kier alpha value is -2.37. The topological polar surface area (TPSA) is 71.0 Å². The van der Waals surface area contributed by atoms with Gasteiger partial charge in [-0.3, -0.25) is 9.59 Å². The van der Waals surface area contributed by atoms with Gasteiger partial charge in [-0.1, -0.05) is 17.3 Å². The first-order valence-electron chi connectivity index (χ1n) is 7.50. The number of benzene rings is 1. The number of rotatable bonds is 4. The molecule has 2 aliphatic heterocycles. The van der Waals surface area contributed by atoms with Crippen molar-refractivity contribution in [2.45, 2.75) is 38.8 Å². The molecular formula is C16H19N3O3. The molecule has 1 atom stereocenters. The van der Waals surface area contributed by atoms with E-state index >= 15 is 0 Å². The predicted molar refractivity (Wildman–Crippen MR) is 82.5 cm³/mol. The molecule has 2 aliphatic rings. The van der Waals surface area contributed by atoms with Crippen LogP contribution in [0.1, 0.15) is 31.7 Å². The second-order valence-electron chi connectivity index (χ2n) is 5.66. The molecule has 0 bridgehead atoms. The predicted octanol–water partition coefficient (Wildman–Crippen LogP) is 1.59. The average Bonchev–Trinajstić information content (AvgIpc) is 3.14. The molecule has 3 rings (SSSR count). The van der Waals surface area contributed by atoms with Crippen LogP contribution in [0.2, 0.25) is 0 Å². The Bertz CT molecular complexity index is 610. The summed E-state index contributed by atoms with van der Waals surface area (Å²) in [5.41, 5.74) is 2.74. The molecule has 0 saturated carbocycles. The van der Waals surface area contributed by atoms with Gasteiger partial charge in [-0.2, -0.15) is 0 Å². The van der Waals surface area contributed by atoms with Crippen LogP contribution in [0, 0.1) is 0 Å². The molecule has 2 amide bonds. The first kappa shape index (κ1) is 14.6. The van der Waals surface area contributed by atoms with Crippen molar-refractivity contribution in [3.8, 4) is 0 Å². The zero-order valence-electron chi connectivity index (χ0n) is 12.5.